The van der Waals surface area contributed by atoms with E-state index in [1.54, 1.807) is 24.3 Å². The Morgan fingerprint density at radius 2 is 1.67 bits per heavy atom. The van der Waals surface area contributed by atoms with E-state index in [-0.39, 0.29) is 42.6 Å². The number of alkyl halides is 3. The number of hydrogen-bond donors (Lipinski definition) is 2. The fraction of sp³-hybridized carbons (Fsp3) is 0.400. The van der Waals surface area contributed by atoms with E-state index >= 15 is 0 Å². The summed E-state index contributed by atoms with van der Waals surface area (Å²) < 4.78 is 43.1. The van der Waals surface area contributed by atoms with Gasteiger partial charge >= 0.3 is 6.18 Å². The number of hydrogen-bond acceptors (Lipinski definition) is 4. The predicted molar refractivity (Wildman–Crippen MR) is 111 cm³/mol. The fourth-order valence-corrected chi connectivity index (χ4v) is 3.85. The van der Waals surface area contributed by atoms with Gasteiger partial charge in [0.25, 0.3) is 5.91 Å². The minimum Gasteiger partial charge on any atom is -0.439 e. The molecule has 2 aliphatic rings. The molecule has 2 fully saturated rings. The molecule has 1 amide bonds. The summed E-state index contributed by atoms with van der Waals surface area (Å²) >= 11 is 0. The Morgan fingerprint density at radius 3 is 2.20 bits per heavy atom. The zero-order valence-corrected chi connectivity index (χ0v) is 17.4. The maximum atomic E-state index is 12.6. The Morgan fingerprint density at radius 1 is 1.03 bits per heavy atom. The summed E-state index contributed by atoms with van der Waals surface area (Å²) in [5.41, 5.74) is -0.322. The molecule has 1 aromatic carbocycles. The number of nitrogens with one attached hydrogen (secondary N) is 2. The highest BCUT2D eigenvalue weighted by Gasteiger charge is 2.34. The molecule has 164 valence electrons. The number of pyridine rings is 1. The zero-order chi connectivity index (χ0) is 19.7. The Balaban J connectivity index is 0.00000160. The first-order chi connectivity index (χ1) is 13.4. The first kappa shape index (κ1) is 24.2. The van der Waals surface area contributed by atoms with Crippen LogP contribution in [0.5, 0.6) is 11.6 Å². The third kappa shape index (κ3) is 5.77. The number of carbonyl (C=O) groups is 1. The van der Waals surface area contributed by atoms with Crippen molar-refractivity contribution in [3.63, 3.8) is 0 Å². The number of piperidine rings is 1. The fourth-order valence-electron chi connectivity index (χ4n) is 3.85. The molecule has 2 N–H and O–H groups in total. The number of benzene rings is 1. The van der Waals surface area contributed by atoms with Crippen LogP contribution in [0.25, 0.3) is 0 Å². The van der Waals surface area contributed by atoms with Gasteiger partial charge in [0.2, 0.25) is 5.88 Å². The van der Waals surface area contributed by atoms with Gasteiger partial charge < -0.3 is 15.4 Å². The molecule has 3 heterocycles. The van der Waals surface area contributed by atoms with Crippen LogP contribution < -0.4 is 15.4 Å². The lowest BCUT2D eigenvalue weighted by Crippen LogP contribution is -2.48. The zero-order valence-electron chi connectivity index (χ0n) is 15.8. The SMILES string of the molecule is Cl.Cl.O=C(NC1CC2CCC(C1)N2)c1ccc(Oc2ccc(C(F)(F)F)cn2)cc1. The van der Waals surface area contributed by atoms with Gasteiger partial charge in [0.15, 0.2) is 0 Å². The van der Waals surface area contributed by atoms with Crippen molar-refractivity contribution in [3.8, 4) is 11.6 Å². The van der Waals surface area contributed by atoms with Crippen LogP contribution in [0.3, 0.4) is 0 Å². The molecule has 0 saturated carbocycles. The van der Waals surface area contributed by atoms with E-state index in [4.69, 9.17) is 4.74 Å². The molecule has 2 unspecified atom stereocenters. The first-order valence-electron chi connectivity index (χ1n) is 9.25. The van der Waals surface area contributed by atoms with Crippen LogP contribution in [0.4, 0.5) is 13.2 Å². The van der Waals surface area contributed by atoms with Gasteiger partial charge in [-0.15, -0.1) is 24.8 Å². The lowest BCUT2D eigenvalue weighted by atomic mass is 9.99. The largest absolute Gasteiger partial charge is 0.439 e. The average Bonchev–Trinajstić information content (AvgIpc) is 3.00. The number of fused-ring (bicyclic) bond motifs is 2. The van der Waals surface area contributed by atoms with Crippen LogP contribution in [-0.2, 0) is 6.18 Å². The predicted octanol–water partition coefficient (Wildman–Crippen LogP) is 4.75. The Bertz CT molecular complexity index is 836. The highest BCUT2D eigenvalue weighted by atomic mass is 35.5. The van der Waals surface area contributed by atoms with Gasteiger partial charge in [0, 0.05) is 36.0 Å². The van der Waals surface area contributed by atoms with Crippen molar-refractivity contribution in [1.82, 2.24) is 15.6 Å². The van der Waals surface area contributed by atoms with Gasteiger partial charge in [-0.3, -0.25) is 4.79 Å². The van der Waals surface area contributed by atoms with Crippen LogP contribution in [0, 0.1) is 0 Å². The van der Waals surface area contributed by atoms with E-state index < -0.39 is 11.7 Å². The quantitative estimate of drug-likeness (QED) is 0.686. The van der Waals surface area contributed by atoms with E-state index in [1.165, 1.54) is 12.8 Å². The van der Waals surface area contributed by atoms with Crippen molar-refractivity contribution in [2.75, 3.05) is 0 Å². The van der Waals surface area contributed by atoms with Crippen LogP contribution in [0.1, 0.15) is 41.6 Å². The number of amides is 1. The number of nitrogens with zero attached hydrogens (tertiary/aromatic N) is 1. The minimum absolute atomic E-state index is 0. The molecule has 1 aromatic heterocycles. The molecule has 2 saturated heterocycles. The third-order valence-electron chi connectivity index (χ3n) is 5.21. The minimum atomic E-state index is -4.44. The lowest BCUT2D eigenvalue weighted by molar-refractivity contribution is -0.137. The Kier molecular flexibility index (Phi) is 7.96. The molecule has 10 heteroatoms. The number of carbonyl (C=O) groups excluding carboxylic acids is 1. The summed E-state index contributed by atoms with van der Waals surface area (Å²) in [5, 5.41) is 6.63. The van der Waals surface area contributed by atoms with E-state index in [0.29, 0.717) is 23.4 Å². The highest BCUT2D eigenvalue weighted by molar-refractivity contribution is 5.94. The number of ether oxygens (including phenoxy) is 1. The normalized spacial score (nSPS) is 22.4. The monoisotopic (exact) mass is 463 g/mol. The van der Waals surface area contributed by atoms with Gasteiger partial charge in [0.05, 0.1) is 5.56 Å². The van der Waals surface area contributed by atoms with Crippen LogP contribution in [0.2, 0.25) is 0 Å². The van der Waals surface area contributed by atoms with Crippen molar-refractivity contribution in [2.24, 2.45) is 0 Å². The maximum Gasteiger partial charge on any atom is 0.417 e. The molecule has 0 spiro atoms. The summed E-state index contributed by atoms with van der Waals surface area (Å²) in [4.78, 5) is 16.1. The van der Waals surface area contributed by atoms with Crippen molar-refractivity contribution in [1.29, 1.82) is 0 Å². The van der Waals surface area contributed by atoms with Crippen molar-refractivity contribution in [2.45, 2.75) is 50.0 Å². The topological polar surface area (TPSA) is 63.2 Å². The van der Waals surface area contributed by atoms with Gasteiger partial charge in [-0.05, 0) is 56.0 Å². The first-order valence-corrected chi connectivity index (χ1v) is 9.25. The summed E-state index contributed by atoms with van der Waals surface area (Å²) in [6, 6.07) is 9.70. The molecule has 0 aliphatic carbocycles. The molecule has 2 aliphatic heterocycles. The van der Waals surface area contributed by atoms with Crippen LogP contribution in [-0.4, -0.2) is 29.0 Å². The molecule has 2 aromatic rings. The number of rotatable bonds is 4. The standard InChI is InChI=1S/C20H20F3N3O2.2ClH/c21-20(22,23)13-3-8-18(24-11-13)28-17-6-1-12(2-7-17)19(27)26-16-9-14-4-5-15(10-16)25-14;;/h1-3,6-8,11,14-16,25H,4-5,9-10H2,(H,26,27);2*1H. The third-order valence-corrected chi connectivity index (χ3v) is 5.21. The van der Waals surface area contributed by atoms with Crippen LogP contribution in [0.15, 0.2) is 42.6 Å². The van der Waals surface area contributed by atoms with Gasteiger partial charge in [-0.1, -0.05) is 0 Å². The molecule has 2 atom stereocenters. The second-order valence-corrected chi connectivity index (χ2v) is 7.29. The van der Waals surface area contributed by atoms with Crippen LogP contribution >= 0.6 is 24.8 Å². The van der Waals surface area contributed by atoms with E-state index in [9.17, 15) is 18.0 Å². The molecule has 0 radical (unpaired) electrons. The van der Waals surface area contributed by atoms with Gasteiger partial charge in [-0.25, -0.2) is 4.98 Å². The van der Waals surface area contributed by atoms with Crippen molar-refractivity contribution >= 4 is 30.7 Å². The van der Waals surface area contributed by atoms with Gasteiger partial charge in [-0.2, -0.15) is 13.2 Å². The highest BCUT2D eigenvalue weighted by Crippen LogP contribution is 2.30. The van der Waals surface area contributed by atoms with E-state index in [2.05, 4.69) is 15.6 Å². The smallest absolute Gasteiger partial charge is 0.417 e. The Hall–Kier alpha value is -2.03. The molecule has 2 bridgehead atoms. The van der Waals surface area contributed by atoms with E-state index in [0.717, 1.165) is 31.2 Å². The summed E-state index contributed by atoms with van der Waals surface area (Å²) in [6.45, 7) is 0. The average molecular weight is 464 g/mol. The molecule has 4 rings (SSSR count). The Labute approximate surface area is 184 Å². The lowest BCUT2D eigenvalue weighted by Gasteiger charge is -2.29. The number of halogens is 5. The molecule has 5 nitrogen and oxygen atoms in total. The van der Waals surface area contributed by atoms with Crippen molar-refractivity contribution < 1.29 is 22.7 Å². The maximum absolute atomic E-state index is 12.6. The summed E-state index contributed by atoms with van der Waals surface area (Å²) in [7, 11) is 0. The second kappa shape index (κ2) is 9.85. The summed E-state index contributed by atoms with van der Waals surface area (Å²) in [6.07, 6.45) is 0.520. The molecular formula is C20H22Cl2F3N3O2. The number of aromatic nitrogens is 1. The van der Waals surface area contributed by atoms with E-state index in [1.807, 2.05) is 0 Å². The second-order valence-electron chi connectivity index (χ2n) is 7.29. The summed E-state index contributed by atoms with van der Waals surface area (Å²) in [5.74, 6) is 0.310. The molecular weight excluding hydrogens is 442 g/mol. The van der Waals surface area contributed by atoms with Crippen molar-refractivity contribution in [3.05, 3.63) is 53.7 Å². The molecule has 30 heavy (non-hydrogen) atoms. The van der Waals surface area contributed by atoms with Gasteiger partial charge in [0.1, 0.15) is 5.75 Å².